The lowest BCUT2D eigenvalue weighted by Crippen LogP contribution is -2.39. The van der Waals surface area contributed by atoms with Gasteiger partial charge in [0, 0.05) is 31.1 Å². The van der Waals surface area contributed by atoms with Crippen molar-refractivity contribution in [3.05, 3.63) is 0 Å². The van der Waals surface area contributed by atoms with E-state index in [9.17, 15) is 9.59 Å². The molecule has 0 spiro atoms. The van der Waals surface area contributed by atoms with Gasteiger partial charge in [-0.15, -0.1) is 0 Å². The highest BCUT2D eigenvalue weighted by Crippen LogP contribution is 2.19. The number of hydrazone groups is 1. The molecule has 0 aliphatic carbocycles. The average Bonchev–Trinajstić information content (AvgIpc) is 2.45. The number of rotatable bonds is 6. The van der Waals surface area contributed by atoms with E-state index in [2.05, 4.69) is 10.5 Å². The normalized spacial score (nSPS) is 19.7. The van der Waals surface area contributed by atoms with E-state index in [0.29, 0.717) is 25.2 Å². The summed E-state index contributed by atoms with van der Waals surface area (Å²) in [7, 11) is 0. The minimum absolute atomic E-state index is 0.0114. The van der Waals surface area contributed by atoms with Gasteiger partial charge < -0.3 is 19.8 Å². The van der Waals surface area contributed by atoms with Gasteiger partial charge >= 0.3 is 6.09 Å². The van der Waals surface area contributed by atoms with Crippen molar-refractivity contribution >= 4 is 18.2 Å². The average molecular weight is 329 g/mol. The first-order valence-electron chi connectivity index (χ1n) is 7.82. The molecule has 1 fully saturated rings. The fourth-order valence-corrected chi connectivity index (χ4v) is 2.42. The molecule has 0 aromatic heterocycles. The topological polar surface area (TPSA) is 111 Å². The number of carbonyl (C=O) groups is 2. The number of likely N-dealkylation sites (tertiary alicyclic amines) is 1. The Bertz CT molecular complexity index is 431. The first-order chi connectivity index (χ1) is 10.7. The van der Waals surface area contributed by atoms with Gasteiger partial charge in [0.15, 0.2) is 6.29 Å². The fraction of sp³-hybridized carbons (Fsp3) is 0.800. The molecule has 1 aliphatic rings. The number of nitrogens with one attached hydrogen (secondary N) is 1. The first-order valence-corrected chi connectivity index (χ1v) is 7.82. The van der Waals surface area contributed by atoms with E-state index in [1.54, 1.807) is 25.7 Å². The fourth-order valence-electron chi connectivity index (χ4n) is 2.42. The smallest absolute Gasteiger partial charge is 0.428 e. The molecule has 2 amide bonds. The highest BCUT2D eigenvalue weighted by atomic mass is 16.6. The molecule has 1 heterocycles. The number of nitrogens with zero attached hydrogens (tertiary/aromatic N) is 2. The lowest BCUT2D eigenvalue weighted by Gasteiger charge is -2.30. The Balaban J connectivity index is 2.72. The standard InChI is InChI=1S/C15H27N3O5/c1-15(2,3)23-14(22)17-16-12(6-7-13(20)21)11-5-4-8-18(9-11)10-19/h10-11,13,20-21H,4-9H2,1-3H3,(H,17,22)/b16-12+. The molecule has 0 aromatic carbocycles. The molecular formula is C15H27N3O5. The van der Waals surface area contributed by atoms with Crippen LogP contribution in [0.3, 0.4) is 0 Å². The summed E-state index contributed by atoms with van der Waals surface area (Å²) in [6.45, 7) is 6.47. The van der Waals surface area contributed by atoms with Crippen molar-refractivity contribution in [1.29, 1.82) is 0 Å². The van der Waals surface area contributed by atoms with Gasteiger partial charge in [-0.1, -0.05) is 0 Å². The predicted octanol–water partition coefficient (Wildman–Crippen LogP) is 0.826. The Labute approximate surface area is 136 Å². The summed E-state index contributed by atoms with van der Waals surface area (Å²) in [4.78, 5) is 24.3. The van der Waals surface area contributed by atoms with Gasteiger partial charge in [-0.2, -0.15) is 5.10 Å². The summed E-state index contributed by atoms with van der Waals surface area (Å²) >= 11 is 0. The molecule has 0 bridgehead atoms. The second kappa shape index (κ2) is 8.83. The molecule has 1 aliphatic heterocycles. The van der Waals surface area contributed by atoms with Crippen LogP contribution in [-0.4, -0.2) is 58.3 Å². The zero-order valence-corrected chi connectivity index (χ0v) is 14.0. The second-order valence-corrected chi connectivity index (χ2v) is 6.68. The van der Waals surface area contributed by atoms with E-state index in [1.807, 2.05) is 0 Å². The number of piperidine rings is 1. The molecule has 132 valence electrons. The Hall–Kier alpha value is -1.67. The van der Waals surface area contributed by atoms with Gasteiger partial charge in [-0.25, -0.2) is 10.2 Å². The number of aliphatic hydroxyl groups is 2. The zero-order valence-electron chi connectivity index (χ0n) is 14.0. The Morgan fingerprint density at radius 1 is 1.48 bits per heavy atom. The van der Waals surface area contributed by atoms with Crippen molar-refractivity contribution in [2.24, 2.45) is 11.0 Å². The number of aliphatic hydroxyl groups excluding tert-OH is 1. The van der Waals surface area contributed by atoms with Crippen LogP contribution in [0.5, 0.6) is 0 Å². The lowest BCUT2D eigenvalue weighted by molar-refractivity contribution is -0.119. The molecule has 23 heavy (non-hydrogen) atoms. The van der Waals surface area contributed by atoms with E-state index in [1.165, 1.54) is 0 Å². The number of ether oxygens (including phenoxy) is 1. The van der Waals surface area contributed by atoms with Gasteiger partial charge in [0.05, 0.1) is 0 Å². The molecule has 1 atom stereocenters. The van der Waals surface area contributed by atoms with Crippen molar-refractivity contribution in [2.75, 3.05) is 13.1 Å². The van der Waals surface area contributed by atoms with Crippen molar-refractivity contribution in [2.45, 2.75) is 58.3 Å². The maximum Gasteiger partial charge on any atom is 0.428 e. The molecule has 3 N–H and O–H groups in total. The van der Waals surface area contributed by atoms with E-state index < -0.39 is 18.0 Å². The molecule has 1 saturated heterocycles. The van der Waals surface area contributed by atoms with E-state index in [4.69, 9.17) is 14.9 Å². The summed E-state index contributed by atoms with van der Waals surface area (Å²) < 4.78 is 5.12. The van der Waals surface area contributed by atoms with E-state index in [-0.39, 0.29) is 12.3 Å². The third-order valence-electron chi connectivity index (χ3n) is 3.42. The maximum atomic E-state index is 11.7. The van der Waals surface area contributed by atoms with Crippen molar-refractivity contribution in [3.8, 4) is 0 Å². The SMILES string of the molecule is CC(C)(C)OC(=O)N/N=C(\CCC(O)O)C1CCCN(C=O)C1. The number of hydrogen-bond donors (Lipinski definition) is 3. The van der Waals surface area contributed by atoms with Gasteiger partial charge in [-0.3, -0.25) is 4.79 Å². The van der Waals surface area contributed by atoms with Crippen LogP contribution in [0.15, 0.2) is 5.10 Å². The van der Waals surface area contributed by atoms with Crippen LogP contribution < -0.4 is 5.43 Å². The number of carbonyl (C=O) groups excluding carboxylic acids is 2. The van der Waals surface area contributed by atoms with E-state index in [0.717, 1.165) is 19.3 Å². The van der Waals surface area contributed by atoms with Gasteiger partial charge in [0.2, 0.25) is 6.41 Å². The maximum absolute atomic E-state index is 11.7. The largest absolute Gasteiger partial charge is 0.443 e. The molecule has 0 aromatic rings. The summed E-state index contributed by atoms with van der Waals surface area (Å²) in [5, 5.41) is 22.2. The predicted molar refractivity (Wildman–Crippen MR) is 84.6 cm³/mol. The Morgan fingerprint density at radius 3 is 2.74 bits per heavy atom. The molecule has 0 radical (unpaired) electrons. The van der Waals surface area contributed by atoms with Crippen LogP contribution >= 0.6 is 0 Å². The summed E-state index contributed by atoms with van der Waals surface area (Å²) in [5.41, 5.74) is 2.36. The van der Waals surface area contributed by atoms with Crippen molar-refractivity contribution < 1.29 is 24.5 Å². The van der Waals surface area contributed by atoms with Crippen molar-refractivity contribution in [1.82, 2.24) is 10.3 Å². The van der Waals surface area contributed by atoms with Crippen LogP contribution in [0.1, 0.15) is 46.5 Å². The third-order valence-corrected chi connectivity index (χ3v) is 3.42. The summed E-state index contributed by atoms with van der Waals surface area (Å²) in [6, 6.07) is 0. The van der Waals surface area contributed by atoms with E-state index >= 15 is 0 Å². The molecule has 1 rings (SSSR count). The quantitative estimate of drug-likeness (QED) is 0.289. The Kier molecular flexibility index (Phi) is 7.44. The highest BCUT2D eigenvalue weighted by molar-refractivity contribution is 5.88. The molecule has 8 heteroatoms. The second-order valence-electron chi connectivity index (χ2n) is 6.68. The van der Waals surface area contributed by atoms with Gasteiger partial charge in [0.25, 0.3) is 0 Å². The van der Waals surface area contributed by atoms with Crippen molar-refractivity contribution in [3.63, 3.8) is 0 Å². The zero-order chi connectivity index (χ0) is 17.5. The van der Waals surface area contributed by atoms with Crippen LogP contribution in [-0.2, 0) is 9.53 Å². The van der Waals surface area contributed by atoms with Gasteiger partial charge in [0.1, 0.15) is 5.60 Å². The molecule has 1 unspecified atom stereocenters. The minimum Gasteiger partial charge on any atom is -0.443 e. The Morgan fingerprint density at radius 2 is 2.17 bits per heavy atom. The summed E-state index contributed by atoms with van der Waals surface area (Å²) in [5.74, 6) is -0.0114. The van der Waals surface area contributed by atoms with Gasteiger partial charge in [-0.05, 0) is 40.0 Å². The molecular weight excluding hydrogens is 302 g/mol. The monoisotopic (exact) mass is 329 g/mol. The van der Waals surface area contributed by atoms with Crippen LogP contribution in [0.25, 0.3) is 0 Å². The van der Waals surface area contributed by atoms with Crippen LogP contribution in [0.4, 0.5) is 4.79 Å². The lowest BCUT2D eigenvalue weighted by atomic mass is 9.91. The third kappa shape index (κ3) is 7.94. The minimum atomic E-state index is -1.44. The van der Waals surface area contributed by atoms with Crippen LogP contribution in [0, 0.1) is 5.92 Å². The first kappa shape index (κ1) is 19.4. The summed E-state index contributed by atoms with van der Waals surface area (Å²) in [6.07, 6.45) is 0.815. The number of hydrogen-bond acceptors (Lipinski definition) is 6. The number of amides is 2. The molecule has 0 saturated carbocycles. The molecule has 8 nitrogen and oxygen atoms in total. The highest BCUT2D eigenvalue weighted by Gasteiger charge is 2.24. The van der Waals surface area contributed by atoms with Crippen LogP contribution in [0.2, 0.25) is 0 Å².